The minimum absolute atomic E-state index is 0.0388. The van der Waals surface area contributed by atoms with Crippen molar-refractivity contribution >= 4 is 11.6 Å². The number of aromatic hydroxyl groups is 1. The fourth-order valence-electron chi connectivity index (χ4n) is 3.17. The van der Waals surface area contributed by atoms with E-state index in [4.69, 9.17) is 0 Å². The van der Waals surface area contributed by atoms with E-state index < -0.39 is 0 Å². The van der Waals surface area contributed by atoms with Crippen LogP contribution in [0.15, 0.2) is 48.5 Å². The molecule has 22 heavy (non-hydrogen) atoms. The fraction of sp³-hybridized carbons (Fsp3) is 0.278. The van der Waals surface area contributed by atoms with Crippen molar-refractivity contribution in [3.8, 4) is 5.75 Å². The molecular formula is C18H18FNO2. The Labute approximate surface area is 129 Å². The molecule has 0 bridgehead atoms. The van der Waals surface area contributed by atoms with Crippen LogP contribution in [0.1, 0.15) is 24.8 Å². The number of hydrogen-bond donors (Lipinski definition) is 1. The highest BCUT2D eigenvalue weighted by atomic mass is 19.1. The van der Waals surface area contributed by atoms with Crippen LogP contribution < -0.4 is 4.90 Å². The van der Waals surface area contributed by atoms with Crippen LogP contribution in [0, 0.1) is 11.7 Å². The van der Waals surface area contributed by atoms with Gasteiger partial charge in [0.05, 0.1) is 5.92 Å². The Morgan fingerprint density at radius 2 is 2.00 bits per heavy atom. The van der Waals surface area contributed by atoms with E-state index in [1.54, 1.807) is 41.3 Å². The number of carbonyl (C=O) groups excluding carboxylic acids is 1. The highest BCUT2D eigenvalue weighted by Crippen LogP contribution is 2.38. The van der Waals surface area contributed by atoms with E-state index in [1.165, 1.54) is 12.1 Å². The van der Waals surface area contributed by atoms with Crippen molar-refractivity contribution in [3.05, 3.63) is 59.9 Å². The molecule has 0 radical (unpaired) electrons. The molecule has 2 atom stereocenters. The van der Waals surface area contributed by atoms with Gasteiger partial charge in [0.25, 0.3) is 0 Å². The van der Waals surface area contributed by atoms with Gasteiger partial charge in [0, 0.05) is 18.3 Å². The molecule has 0 saturated carbocycles. The first-order valence-electron chi connectivity index (χ1n) is 7.46. The van der Waals surface area contributed by atoms with Crippen LogP contribution >= 0.6 is 0 Å². The second-order valence-corrected chi connectivity index (χ2v) is 5.67. The van der Waals surface area contributed by atoms with E-state index in [0.29, 0.717) is 12.2 Å². The molecule has 1 fully saturated rings. The highest BCUT2D eigenvalue weighted by Gasteiger charge is 2.41. The molecule has 1 aliphatic heterocycles. The molecule has 2 aromatic rings. The number of nitrogens with zero attached hydrogens (tertiary/aromatic N) is 1. The Morgan fingerprint density at radius 3 is 2.68 bits per heavy atom. The molecule has 0 unspecified atom stereocenters. The third-order valence-corrected chi connectivity index (χ3v) is 4.29. The number of phenolic OH excluding ortho intramolecular Hbond substituents is 1. The largest absolute Gasteiger partial charge is 0.508 e. The molecule has 3 rings (SSSR count). The first-order valence-corrected chi connectivity index (χ1v) is 7.46. The highest BCUT2D eigenvalue weighted by molar-refractivity contribution is 6.00. The molecule has 3 nitrogen and oxygen atoms in total. The molecule has 0 spiro atoms. The lowest BCUT2D eigenvalue weighted by Crippen LogP contribution is -2.26. The molecule has 2 aromatic carbocycles. The summed E-state index contributed by atoms with van der Waals surface area (Å²) in [6.07, 6.45) is 0.836. The topological polar surface area (TPSA) is 40.5 Å². The Morgan fingerprint density at radius 1 is 1.23 bits per heavy atom. The van der Waals surface area contributed by atoms with E-state index >= 15 is 0 Å². The third-order valence-electron chi connectivity index (χ3n) is 4.29. The molecule has 1 amide bonds. The zero-order chi connectivity index (χ0) is 15.7. The standard InChI is InChI=1S/C18H18FNO2/c1-2-12-11-20(15-7-4-8-16(21)10-15)18(22)17(12)13-5-3-6-14(19)9-13/h3-10,12,17,21H,2,11H2,1H3/t12-,17-/m1/s1. The normalized spacial score (nSPS) is 21.4. The average molecular weight is 299 g/mol. The summed E-state index contributed by atoms with van der Waals surface area (Å²) in [6.45, 7) is 2.62. The maximum atomic E-state index is 13.5. The van der Waals surface area contributed by atoms with Crippen LogP contribution in [0.25, 0.3) is 0 Å². The number of anilines is 1. The summed E-state index contributed by atoms with van der Waals surface area (Å²) in [4.78, 5) is 14.5. The number of amides is 1. The molecule has 0 aromatic heterocycles. The third kappa shape index (κ3) is 2.56. The van der Waals surface area contributed by atoms with Gasteiger partial charge in [-0.05, 0) is 35.7 Å². The summed E-state index contributed by atoms with van der Waals surface area (Å²) >= 11 is 0. The molecule has 1 N–H and O–H groups in total. The lowest BCUT2D eigenvalue weighted by Gasteiger charge is -2.17. The molecule has 1 heterocycles. The van der Waals surface area contributed by atoms with Crippen molar-refractivity contribution in [2.45, 2.75) is 19.3 Å². The van der Waals surface area contributed by atoms with Crippen molar-refractivity contribution in [2.75, 3.05) is 11.4 Å². The van der Waals surface area contributed by atoms with Gasteiger partial charge in [0.15, 0.2) is 0 Å². The zero-order valence-electron chi connectivity index (χ0n) is 12.4. The summed E-state index contributed by atoms with van der Waals surface area (Å²) < 4.78 is 13.5. The summed E-state index contributed by atoms with van der Waals surface area (Å²) in [5.41, 5.74) is 1.40. The lowest BCUT2D eigenvalue weighted by molar-refractivity contribution is -0.118. The maximum absolute atomic E-state index is 13.5. The van der Waals surface area contributed by atoms with Gasteiger partial charge in [-0.15, -0.1) is 0 Å². The van der Waals surface area contributed by atoms with Crippen LogP contribution in [-0.2, 0) is 4.79 Å². The van der Waals surface area contributed by atoms with E-state index in [0.717, 1.165) is 12.0 Å². The average Bonchev–Trinajstić information content (AvgIpc) is 2.84. The Balaban J connectivity index is 1.96. The van der Waals surface area contributed by atoms with E-state index in [1.807, 2.05) is 6.92 Å². The van der Waals surface area contributed by atoms with Gasteiger partial charge in [0.2, 0.25) is 5.91 Å². The first-order chi connectivity index (χ1) is 10.6. The zero-order valence-corrected chi connectivity index (χ0v) is 12.4. The van der Waals surface area contributed by atoms with Crippen molar-refractivity contribution in [1.29, 1.82) is 0 Å². The van der Waals surface area contributed by atoms with Gasteiger partial charge >= 0.3 is 0 Å². The van der Waals surface area contributed by atoms with Gasteiger partial charge in [-0.2, -0.15) is 0 Å². The van der Waals surface area contributed by atoms with Crippen LogP contribution in [0.5, 0.6) is 5.75 Å². The maximum Gasteiger partial charge on any atom is 0.234 e. The van der Waals surface area contributed by atoms with Crippen LogP contribution in [0.3, 0.4) is 0 Å². The summed E-state index contributed by atoms with van der Waals surface area (Å²) in [5, 5.41) is 9.61. The van der Waals surface area contributed by atoms with Crippen LogP contribution in [0.4, 0.5) is 10.1 Å². The smallest absolute Gasteiger partial charge is 0.234 e. The first kappa shape index (κ1) is 14.6. The quantitative estimate of drug-likeness (QED) is 0.939. The van der Waals surface area contributed by atoms with Gasteiger partial charge in [0.1, 0.15) is 11.6 Å². The predicted molar refractivity (Wildman–Crippen MR) is 83.4 cm³/mol. The van der Waals surface area contributed by atoms with Crippen LogP contribution in [-0.4, -0.2) is 17.6 Å². The number of hydrogen-bond acceptors (Lipinski definition) is 2. The molecule has 4 heteroatoms. The van der Waals surface area contributed by atoms with E-state index in [9.17, 15) is 14.3 Å². The number of rotatable bonds is 3. The summed E-state index contributed by atoms with van der Waals surface area (Å²) in [5.74, 6) is -0.425. The van der Waals surface area contributed by atoms with Crippen molar-refractivity contribution < 1.29 is 14.3 Å². The van der Waals surface area contributed by atoms with Gasteiger partial charge < -0.3 is 10.0 Å². The molecular weight excluding hydrogens is 281 g/mol. The van der Waals surface area contributed by atoms with Crippen LogP contribution in [0.2, 0.25) is 0 Å². The number of carbonyl (C=O) groups is 1. The Kier molecular flexibility index (Phi) is 3.84. The Hall–Kier alpha value is -2.36. The second kappa shape index (κ2) is 5.79. The summed E-state index contributed by atoms with van der Waals surface area (Å²) in [7, 11) is 0. The Bertz CT molecular complexity index is 701. The number of benzene rings is 2. The molecule has 1 aliphatic rings. The SMILES string of the molecule is CC[C@@H]1CN(c2cccc(O)c2)C(=O)[C@H]1c1cccc(F)c1. The minimum Gasteiger partial charge on any atom is -0.508 e. The van der Waals surface area contributed by atoms with E-state index in [2.05, 4.69) is 0 Å². The van der Waals surface area contributed by atoms with Crippen molar-refractivity contribution in [2.24, 2.45) is 5.92 Å². The van der Waals surface area contributed by atoms with Crippen molar-refractivity contribution in [1.82, 2.24) is 0 Å². The van der Waals surface area contributed by atoms with E-state index in [-0.39, 0.29) is 29.3 Å². The monoisotopic (exact) mass is 299 g/mol. The second-order valence-electron chi connectivity index (χ2n) is 5.67. The lowest BCUT2D eigenvalue weighted by atomic mass is 9.87. The summed E-state index contributed by atoms with van der Waals surface area (Å²) in [6, 6.07) is 13.0. The number of phenols is 1. The minimum atomic E-state index is -0.331. The molecule has 114 valence electrons. The van der Waals surface area contributed by atoms with Crippen molar-refractivity contribution in [3.63, 3.8) is 0 Å². The molecule has 0 aliphatic carbocycles. The predicted octanol–water partition coefficient (Wildman–Crippen LogP) is 3.69. The molecule has 1 saturated heterocycles. The van der Waals surface area contributed by atoms with Gasteiger partial charge in [-0.1, -0.05) is 31.5 Å². The fourth-order valence-corrected chi connectivity index (χ4v) is 3.17. The number of halogens is 1. The van der Waals surface area contributed by atoms with Gasteiger partial charge in [-0.3, -0.25) is 4.79 Å². The van der Waals surface area contributed by atoms with Gasteiger partial charge in [-0.25, -0.2) is 4.39 Å².